The van der Waals surface area contributed by atoms with Crippen LogP contribution in [0.25, 0.3) is 21.8 Å². The Morgan fingerprint density at radius 2 is 1.81 bits per heavy atom. The second-order valence-electron chi connectivity index (χ2n) is 4.36. The fraction of sp³-hybridized carbons (Fsp3) is 0. The summed E-state index contributed by atoms with van der Waals surface area (Å²) >= 11 is 0. The van der Waals surface area contributed by atoms with E-state index in [1.165, 1.54) is 18.2 Å². The number of hydrogen-bond acceptors (Lipinski definition) is 5. The normalized spacial score (nSPS) is 10.6. The molecule has 0 radical (unpaired) electrons. The molecule has 0 amide bonds. The summed E-state index contributed by atoms with van der Waals surface area (Å²) in [6, 6.07) is 7.41. The zero-order valence-electron chi connectivity index (χ0n) is 10.3. The molecule has 0 fully saturated rings. The number of nitro benzene ring substituents is 1. The van der Waals surface area contributed by atoms with E-state index in [9.17, 15) is 19.7 Å². The standard InChI is InChI=1S/C13H6N4O4/c14-5-6-1-2-7-8(3-6)10(17(20)21)4-9-11(7)16-13(19)12(18)15-9/h1-4H,(H,15,18)(H,16,19). The molecule has 3 rings (SSSR count). The number of hydrogen-bond donors (Lipinski definition) is 2. The van der Waals surface area contributed by atoms with Crippen molar-refractivity contribution in [2.45, 2.75) is 0 Å². The van der Waals surface area contributed by atoms with Gasteiger partial charge >= 0.3 is 11.1 Å². The maximum absolute atomic E-state index is 11.4. The number of nitriles is 1. The van der Waals surface area contributed by atoms with Gasteiger partial charge in [0.15, 0.2) is 0 Å². The highest BCUT2D eigenvalue weighted by atomic mass is 16.6. The minimum absolute atomic E-state index is 0.156. The van der Waals surface area contributed by atoms with E-state index in [0.717, 1.165) is 6.07 Å². The van der Waals surface area contributed by atoms with E-state index >= 15 is 0 Å². The zero-order valence-corrected chi connectivity index (χ0v) is 10.3. The van der Waals surface area contributed by atoms with Gasteiger partial charge in [-0.15, -0.1) is 0 Å². The Hall–Kier alpha value is -3.47. The Morgan fingerprint density at radius 3 is 2.48 bits per heavy atom. The highest BCUT2D eigenvalue weighted by Crippen LogP contribution is 2.31. The van der Waals surface area contributed by atoms with Crippen LogP contribution in [-0.4, -0.2) is 14.9 Å². The van der Waals surface area contributed by atoms with Crippen molar-refractivity contribution in [1.82, 2.24) is 9.97 Å². The van der Waals surface area contributed by atoms with Crippen molar-refractivity contribution < 1.29 is 4.92 Å². The molecule has 0 unspecified atom stereocenters. The van der Waals surface area contributed by atoms with Gasteiger partial charge in [0.1, 0.15) is 0 Å². The summed E-state index contributed by atoms with van der Waals surface area (Å²) in [6.45, 7) is 0. The third-order valence-corrected chi connectivity index (χ3v) is 3.13. The maximum atomic E-state index is 11.4. The van der Waals surface area contributed by atoms with Crippen molar-refractivity contribution in [3.8, 4) is 6.07 Å². The number of rotatable bonds is 1. The molecule has 1 heterocycles. The lowest BCUT2D eigenvalue weighted by atomic mass is 10.0. The molecule has 0 saturated carbocycles. The lowest BCUT2D eigenvalue weighted by Gasteiger charge is -2.05. The van der Waals surface area contributed by atoms with Gasteiger partial charge in [0, 0.05) is 11.5 Å². The molecule has 21 heavy (non-hydrogen) atoms. The van der Waals surface area contributed by atoms with Gasteiger partial charge in [-0.1, -0.05) is 6.07 Å². The summed E-state index contributed by atoms with van der Waals surface area (Å²) in [5, 5.41) is 20.7. The second kappa shape index (κ2) is 4.28. The molecule has 2 aromatic carbocycles. The van der Waals surface area contributed by atoms with Crippen LogP contribution in [0.1, 0.15) is 5.56 Å². The van der Waals surface area contributed by atoms with Crippen LogP contribution in [0.4, 0.5) is 5.69 Å². The summed E-state index contributed by atoms with van der Waals surface area (Å²) < 4.78 is 0. The molecular weight excluding hydrogens is 276 g/mol. The molecule has 8 nitrogen and oxygen atoms in total. The lowest BCUT2D eigenvalue weighted by molar-refractivity contribution is -0.382. The Labute approximate surface area is 115 Å². The van der Waals surface area contributed by atoms with E-state index < -0.39 is 16.0 Å². The SMILES string of the molecule is N#Cc1ccc2c(c1)c([N+](=O)[O-])cc1[nH]c(=O)c(=O)[nH]c12. The lowest BCUT2D eigenvalue weighted by Crippen LogP contribution is -2.29. The first-order chi connectivity index (χ1) is 10.0. The van der Waals surface area contributed by atoms with E-state index in [1.807, 2.05) is 6.07 Å². The van der Waals surface area contributed by atoms with Crippen molar-refractivity contribution in [2.75, 3.05) is 0 Å². The van der Waals surface area contributed by atoms with E-state index in [0.29, 0.717) is 5.39 Å². The number of non-ortho nitro benzene ring substituents is 1. The minimum Gasteiger partial charge on any atom is -0.316 e. The van der Waals surface area contributed by atoms with Crippen LogP contribution in [0.15, 0.2) is 33.9 Å². The predicted octanol–water partition coefficient (Wildman–Crippen LogP) is 1.15. The molecule has 0 atom stereocenters. The van der Waals surface area contributed by atoms with Gasteiger partial charge in [-0.3, -0.25) is 19.7 Å². The Morgan fingerprint density at radius 1 is 1.10 bits per heavy atom. The Kier molecular flexibility index (Phi) is 2.56. The molecule has 0 spiro atoms. The van der Waals surface area contributed by atoms with Gasteiger partial charge in [-0.25, -0.2) is 0 Å². The highest BCUT2D eigenvalue weighted by Gasteiger charge is 2.17. The molecule has 2 N–H and O–H groups in total. The van der Waals surface area contributed by atoms with Gasteiger partial charge in [0.25, 0.3) is 5.69 Å². The van der Waals surface area contributed by atoms with Gasteiger partial charge in [0.05, 0.1) is 33.0 Å². The average molecular weight is 282 g/mol. The van der Waals surface area contributed by atoms with Gasteiger partial charge in [-0.05, 0) is 12.1 Å². The molecular formula is C13H6N4O4. The molecule has 3 aromatic rings. The number of aromatic nitrogens is 2. The first kappa shape index (κ1) is 12.6. The molecule has 0 aliphatic rings. The first-order valence-electron chi connectivity index (χ1n) is 5.79. The summed E-state index contributed by atoms with van der Waals surface area (Å²) in [4.78, 5) is 38.0. The van der Waals surface area contributed by atoms with Crippen LogP contribution in [0, 0.1) is 21.4 Å². The van der Waals surface area contributed by atoms with Crippen molar-refractivity contribution in [2.24, 2.45) is 0 Å². The van der Waals surface area contributed by atoms with Crippen molar-refractivity contribution in [1.29, 1.82) is 5.26 Å². The second-order valence-corrected chi connectivity index (χ2v) is 4.36. The number of nitro groups is 1. The molecule has 1 aromatic heterocycles. The van der Waals surface area contributed by atoms with Gasteiger partial charge < -0.3 is 9.97 Å². The fourth-order valence-corrected chi connectivity index (χ4v) is 2.21. The van der Waals surface area contributed by atoms with Crippen LogP contribution in [-0.2, 0) is 0 Å². The van der Waals surface area contributed by atoms with E-state index in [-0.39, 0.29) is 27.7 Å². The molecule has 0 aliphatic heterocycles. The molecule has 0 aliphatic carbocycles. The minimum atomic E-state index is -0.884. The van der Waals surface area contributed by atoms with Crippen molar-refractivity contribution in [3.05, 3.63) is 60.7 Å². The average Bonchev–Trinajstić information content (AvgIpc) is 2.47. The van der Waals surface area contributed by atoms with E-state index in [4.69, 9.17) is 5.26 Å². The number of nitrogens with one attached hydrogen (secondary N) is 2. The number of nitrogens with zero attached hydrogens (tertiary/aromatic N) is 2. The first-order valence-corrected chi connectivity index (χ1v) is 5.79. The van der Waals surface area contributed by atoms with Gasteiger partial charge in [-0.2, -0.15) is 5.26 Å². The van der Waals surface area contributed by atoms with Crippen molar-refractivity contribution >= 4 is 27.5 Å². The van der Waals surface area contributed by atoms with E-state index in [1.54, 1.807) is 0 Å². The largest absolute Gasteiger partial charge is 0.316 e. The summed E-state index contributed by atoms with van der Waals surface area (Å²) in [6.07, 6.45) is 0. The van der Waals surface area contributed by atoms with E-state index in [2.05, 4.69) is 9.97 Å². The van der Waals surface area contributed by atoms with Crippen LogP contribution in [0.3, 0.4) is 0 Å². The summed E-state index contributed by atoms with van der Waals surface area (Å²) in [7, 11) is 0. The quantitative estimate of drug-likeness (QED) is 0.299. The summed E-state index contributed by atoms with van der Waals surface area (Å²) in [5.41, 5.74) is -1.28. The topological polar surface area (TPSA) is 133 Å². The molecule has 8 heteroatoms. The number of aromatic amines is 2. The molecule has 102 valence electrons. The third kappa shape index (κ3) is 1.84. The van der Waals surface area contributed by atoms with Crippen LogP contribution < -0.4 is 11.1 Å². The van der Waals surface area contributed by atoms with Crippen LogP contribution in [0.2, 0.25) is 0 Å². The van der Waals surface area contributed by atoms with Crippen molar-refractivity contribution in [3.63, 3.8) is 0 Å². The molecule has 0 bridgehead atoms. The number of H-pyrrole nitrogens is 2. The number of fused-ring (bicyclic) bond motifs is 3. The Bertz CT molecular complexity index is 1070. The Balaban J connectivity index is 2.62. The third-order valence-electron chi connectivity index (χ3n) is 3.13. The molecule has 0 saturated heterocycles. The summed E-state index contributed by atoms with van der Waals surface area (Å²) in [5.74, 6) is 0. The maximum Gasteiger partial charge on any atom is 0.314 e. The zero-order chi connectivity index (χ0) is 15.1. The fourth-order valence-electron chi connectivity index (χ4n) is 2.21. The van der Waals surface area contributed by atoms with Crippen LogP contribution in [0.5, 0.6) is 0 Å². The monoisotopic (exact) mass is 282 g/mol. The predicted molar refractivity (Wildman–Crippen MR) is 74.1 cm³/mol. The van der Waals surface area contributed by atoms with Gasteiger partial charge in [0.2, 0.25) is 0 Å². The smallest absolute Gasteiger partial charge is 0.314 e. The highest BCUT2D eigenvalue weighted by molar-refractivity contribution is 6.08. The van der Waals surface area contributed by atoms with Crippen LogP contribution >= 0.6 is 0 Å². The number of benzene rings is 2.